The van der Waals surface area contributed by atoms with Crippen LogP contribution in [0.2, 0.25) is 0 Å². The van der Waals surface area contributed by atoms with Gasteiger partial charge in [0.25, 0.3) is 0 Å². The van der Waals surface area contributed by atoms with E-state index in [9.17, 15) is 4.39 Å². The lowest BCUT2D eigenvalue weighted by Crippen LogP contribution is -2.55. The summed E-state index contributed by atoms with van der Waals surface area (Å²) in [6.07, 6.45) is 4.20. The van der Waals surface area contributed by atoms with Crippen LogP contribution < -0.4 is 10.1 Å². The number of hydrogen-bond donors (Lipinski definition) is 2. The van der Waals surface area contributed by atoms with Gasteiger partial charge in [-0.25, -0.2) is 8.78 Å². The fourth-order valence-electron chi connectivity index (χ4n) is 6.25. The van der Waals surface area contributed by atoms with E-state index in [0.29, 0.717) is 42.8 Å². The summed E-state index contributed by atoms with van der Waals surface area (Å²) in [7, 11) is 1.60. The first kappa shape index (κ1) is 25.5. The maximum absolute atomic E-state index is 15.7. The summed E-state index contributed by atoms with van der Waals surface area (Å²) in [5.41, 5.74) is 2.62. The van der Waals surface area contributed by atoms with E-state index in [0.717, 1.165) is 41.5 Å². The minimum absolute atomic E-state index is 0.0983. The highest BCUT2D eigenvalue weighted by molar-refractivity contribution is 5.84. The highest BCUT2D eigenvalue weighted by atomic mass is 19.1. The summed E-state index contributed by atoms with van der Waals surface area (Å²) in [4.78, 5) is 4.36. The lowest BCUT2D eigenvalue weighted by atomic mass is 9.77. The molecule has 204 valence electrons. The van der Waals surface area contributed by atoms with Crippen LogP contribution in [0.5, 0.6) is 5.75 Å². The third kappa shape index (κ3) is 4.53. The number of ether oxygens (including phenoxy) is 1. The van der Waals surface area contributed by atoms with E-state index in [4.69, 9.17) is 4.74 Å². The highest BCUT2D eigenvalue weighted by Gasteiger charge is 2.51. The molecule has 3 heterocycles. The predicted octanol–water partition coefficient (Wildman–Crippen LogP) is 5.39. The number of nitrogens with one attached hydrogen (secondary N) is 2. The van der Waals surface area contributed by atoms with Crippen LogP contribution in [-0.2, 0) is 6.42 Å². The van der Waals surface area contributed by atoms with Gasteiger partial charge in [0.15, 0.2) is 0 Å². The molecular formula is C29H36F3N5O. The Morgan fingerprint density at radius 2 is 1.97 bits per heavy atom. The van der Waals surface area contributed by atoms with E-state index in [1.165, 1.54) is 0 Å². The van der Waals surface area contributed by atoms with Gasteiger partial charge in [-0.1, -0.05) is 6.07 Å². The quantitative estimate of drug-likeness (QED) is 0.391. The summed E-state index contributed by atoms with van der Waals surface area (Å²) in [5, 5.41) is 11.6. The van der Waals surface area contributed by atoms with Crippen LogP contribution in [0.25, 0.3) is 10.9 Å². The van der Waals surface area contributed by atoms with Crippen molar-refractivity contribution in [3.63, 3.8) is 0 Å². The SMILES string of the molecule is COc1cc(NC2CN(CCCF)C2)c(F)cc1[C@@H]1c2ccc3[nH]ncc3c2CC(C)(C)N1CC1(F)CC1. The van der Waals surface area contributed by atoms with Crippen molar-refractivity contribution in [3.8, 4) is 5.75 Å². The summed E-state index contributed by atoms with van der Waals surface area (Å²) in [5.74, 6) is 0.204. The van der Waals surface area contributed by atoms with Crippen molar-refractivity contribution in [1.29, 1.82) is 0 Å². The molecule has 9 heteroatoms. The molecule has 1 atom stereocenters. The second-order valence-corrected chi connectivity index (χ2v) is 11.9. The molecule has 2 aliphatic heterocycles. The monoisotopic (exact) mass is 527 g/mol. The van der Waals surface area contributed by atoms with E-state index in [-0.39, 0.29) is 36.7 Å². The molecule has 1 saturated carbocycles. The third-order valence-corrected chi connectivity index (χ3v) is 8.55. The molecule has 0 unspecified atom stereocenters. The van der Waals surface area contributed by atoms with Gasteiger partial charge in [0, 0.05) is 48.7 Å². The van der Waals surface area contributed by atoms with E-state index < -0.39 is 5.67 Å². The van der Waals surface area contributed by atoms with Gasteiger partial charge in [-0.2, -0.15) is 5.10 Å². The summed E-state index contributed by atoms with van der Waals surface area (Å²) in [6.45, 7) is 6.45. The summed E-state index contributed by atoms with van der Waals surface area (Å²) in [6, 6.07) is 7.07. The minimum atomic E-state index is -1.21. The Bertz CT molecular complexity index is 1330. The van der Waals surface area contributed by atoms with Crippen LogP contribution >= 0.6 is 0 Å². The van der Waals surface area contributed by atoms with Gasteiger partial charge in [-0.05, 0) is 62.8 Å². The number of aromatic nitrogens is 2. The Hall–Kier alpha value is -2.78. The first-order chi connectivity index (χ1) is 18.2. The van der Waals surface area contributed by atoms with Gasteiger partial charge in [-0.15, -0.1) is 0 Å². The first-order valence-corrected chi connectivity index (χ1v) is 13.5. The average molecular weight is 528 g/mol. The van der Waals surface area contributed by atoms with E-state index >= 15 is 8.78 Å². The van der Waals surface area contributed by atoms with Gasteiger partial charge < -0.3 is 10.1 Å². The zero-order chi connectivity index (χ0) is 26.7. The average Bonchev–Trinajstić information content (AvgIpc) is 3.38. The van der Waals surface area contributed by atoms with Gasteiger partial charge in [0.1, 0.15) is 17.2 Å². The first-order valence-electron chi connectivity index (χ1n) is 13.5. The van der Waals surface area contributed by atoms with Crippen molar-refractivity contribution in [2.24, 2.45) is 0 Å². The van der Waals surface area contributed by atoms with Crippen LogP contribution in [0, 0.1) is 5.82 Å². The molecule has 6 nitrogen and oxygen atoms in total. The lowest BCUT2D eigenvalue weighted by Gasteiger charge is -2.50. The zero-order valence-corrected chi connectivity index (χ0v) is 22.3. The molecule has 38 heavy (non-hydrogen) atoms. The van der Waals surface area contributed by atoms with Gasteiger partial charge in [0.2, 0.25) is 0 Å². The number of likely N-dealkylation sites (tertiary alicyclic amines) is 1. The Morgan fingerprint density at radius 1 is 1.18 bits per heavy atom. The summed E-state index contributed by atoms with van der Waals surface area (Å²) >= 11 is 0. The van der Waals surface area contributed by atoms with Crippen LogP contribution in [0.4, 0.5) is 18.9 Å². The molecule has 1 aliphatic carbocycles. The molecule has 0 radical (unpaired) electrons. The second kappa shape index (κ2) is 9.45. The largest absolute Gasteiger partial charge is 0.496 e. The molecule has 3 aliphatic rings. The molecule has 0 bridgehead atoms. The van der Waals surface area contributed by atoms with Crippen LogP contribution in [0.15, 0.2) is 30.5 Å². The molecule has 2 aromatic carbocycles. The number of fused-ring (bicyclic) bond motifs is 3. The minimum Gasteiger partial charge on any atom is -0.496 e. The number of rotatable bonds is 9. The Morgan fingerprint density at radius 3 is 2.68 bits per heavy atom. The molecule has 0 spiro atoms. The van der Waals surface area contributed by atoms with Crippen LogP contribution in [-0.4, -0.2) is 77.2 Å². The number of anilines is 1. The third-order valence-electron chi connectivity index (χ3n) is 8.55. The molecule has 0 amide bonds. The maximum atomic E-state index is 15.7. The number of benzene rings is 2. The Kier molecular flexibility index (Phi) is 6.34. The smallest absolute Gasteiger partial charge is 0.146 e. The summed E-state index contributed by atoms with van der Waals surface area (Å²) < 4.78 is 49.4. The van der Waals surface area contributed by atoms with Crippen molar-refractivity contribution in [1.82, 2.24) is 20.0 Å². The fraction of sp³-hybridized carbons (Fsp3) is 0.552. The molecule has 6 rings (SSSR count). The van der Waals surface area contributed by atoms with Crippen LogP contribution in [0.3, 0.4) is 0 Å². The van der Waals surface area contributed by atoms with Gasteiger partial charge >= 0.3 is 0 Å². The Balaban J connectivity index is 1.39. The number of halogens is 3. The standard InChI is InChI=1S/C29H36F3N5O/c1-28(2)13-21-19(5-6-24-22(21)14-33-35-24)27(37(28)17-29(32)7-8-29)20-11-23(31)25(12-26(20)38-3)34-18-15-36(16-18)10-4-9-30/h5-6,11-12,14,18,27,34H,4,7-10,13,15-17H2,1-3H3,(H,33,35)/t27-/m0/s1. The van der Waals surface area contributed by atoms with Crippen molar-refractivity contribution in [2.75, 3.05) is 45.3 Å². The topological polar surface area (TPSA) is 56.4 Å². The molecular weight excluding hydrogens is 491 g/mol. The fourth-order valence-corrected chi connectivity index (χ4v) is 6.25. The number of H-pyrrole nitrogens is 1. The van der Waals surface area contributed by atoms with Crippen molar-refractivity contribution in [3.05, 3.63) is 53.0 Å². The Labute approximate surface area is 221 Å². The molecule has 3 aromatic rings. The van der Waals surface area contributed by atoms with Crippen molar-refractivity contribution < 1.29 is 17.9 Å². The number of methoxy groups -OCH3 is 1. The van der Waals surface area contributed by atoms with E-state index in [1.54, 1.807) is 19.2 Å². The molecule has 1 aromatic heterocycles. The number of alkyl halides is 2. The maximum Gasteiger partial charge on any atom is 0.146 e. The lowest BCUT2D eigenvalue weighted by molar-refractivity contribution is 0.0374. The number of aromatic amines is 1. The zero-order valence-electron chi connectivity index (χ0n) is 22.3. The molecule has 1 saturated heterocycles. The van der Waals surface area contributed by atoms with E-state index in [1.807, 2.05) is 12.3 Å². The van der Waals surface area contributed by atoms with Gasteiger partial charge in [-0.3, -0.25) is 19.3 Å². The predicted molar refractivity (Wildman–Crippen MR) is 143 cm³/mol. The van der Waals surface area contributed by atoms with Gasteiger partial charge in [0.05, 0.1) is 43.3 Å². The van der Waals surface area contributed by atoms with Crippen molar-refractivity contribution in [2.45, 2.75) is 62.8 Å². The molecule has 2 fully saturated rings. The normalized spacial score (nSPS) is 22.7. The van der Waals surface area contributed by atoms with E-state index in [2.05, 4.69) is 45.2 Å². The number of hydrogen-bond acceptors (Lipinski definition) is 5. The molecule has 2 N–H and O–H groups in total. The van der Waals surface area contributed by atoms with Crippen molar-refractivity contribution >= 4 is 16.6 Å². The van der Waals surface area contributed by atoms with Crippen LogP contribution in [0.1, 0.15) is 55.8 Å². The second-order valence-electron chi connectivity index (χ2n) is 11.9. The number of nitrogens with zero attached hydrogens (tertiary/aromatic N) is 3. The highest BCUT2D eigenvalue weighted by Crippen LogP contribution is 2.51.